The van der Waals surface area contributed by atoms with Crippen LogP contribution in [0.1, 0.15) is 19.3 Å². The van der Waals surface area contributed by atoms with Gasteiger partial charge in [0.15, 0.2) is 0 Å². The van der Waals surface area contributed by atoms with E-state index in [0.717, 1.165) is 39.0 Å². The average molecular weight is 242 g/mol. The first kappa shape index (κ1) is 13.3. The fraction of sp³-hybridized carbons (Fsp3) is 1.00. The molecule has 1 aliphatic heterocycles. The zero-order chi connectivity index (χ0) is 12.1. The second-order valence-electron chi connectivity index (χ2n) is 5.24. The third kappa shape index (κ3) is 3.91. The SMILES string of the molecule is CNC(CN(CCOC)C1CC1)C1CCOC1. The van der Waals surface area contributed by atoms with Gasteiger partial charge in [-0.3, -0.25) is 4.90 Å². The number of nitrogens with zero attached hydrogens (tertiary/aromatic N) is 1. The Labute approximate surface area is 105 Å². The third-order valence-corrected chi connectivity index (χ3v) is 3.98. The Morgan fingerprint density at radius 2 is 2.24 bits per heavy atom. The molecule has 0 aromatic carbocycles. The van der Waals surface area contributed by atoms with Crippen molar-refractivity contribution in [1.29, 1.82) is 0 Å². The summed E-state index contributed by atoms with van der Waals surface area (Å²) in [5.41, 5.74) is 0. The van der Waals surface area contributed by atoms with E-state index in [1.165, 1.54) is 19.3 Å². The number of likely N-dealkylation sites (N-methyl/N-ethyl adjacent to an activating group) is 1. The molecule has 0 spiro atoms. The second-order valence-corrected chi connectivity index (χ2v) is 5.24. The van der Waals surface area contributed by atoms with Crippen LogP contribution in [0.5, 0.6) is 0 Å². The molecule has 2 atom stereocenters. The predicted molar refractivity (Wildman–Crippen MR) is 68.2 cm³/mol. The monoisotopic (exact) mass is 242 g/mol. The summed E-state index contributed by atoms with van der Waals surface area (Å²) < 4.78 is 10.7. The van der Waals surface area contributed by atoms with Gasteiger partial charge in [0.1, 0.15) is 0 Å². The van der Waals surface area contributed by atoms with E-state index in [-0.39, 0.29) is 0 Å². The Bertz CT molecular complexity index is 215. The Morgan fingerprint density at radius 3 is 2.76 bits per heavy atom. The zero-order valence-electron chi connectivity index (χ0n) is 11.2. The van der Waals surface area contributed by atoms with Crippen LogP contribution in [0, 0.1) is 5.92 Å². The molecule has 2 unspecified atom stereocenters. The summed E-state index contributed by atoms with van der Waals surface area (Å²) in [7, 11) is 3.86. The molecule has 1 heterocycles. The fourth-order valence-corrected chi connectivity index (χ4v) is 2.67. The number of hydrogen-bond donors (Lipinski definition) is 1. The minimum Gasteiger partial charge on any atom is -0.383 e. The number of methoxy groups -OCH3 is 1. The Kier molecular flexibility index (Phi) is 5.22. The minimum atomic E-state index is 0.565. The summed E-state index contributed by atoms with van der Waals surface area (Å²) in [6.45, 7) is 4.90. The Hall–Kier alpha value is -0.160. The van der Waals surface area contributed by atoms with E-state index in [9.17, 15) is 0 Å². The molecular formula is C13H26N2O2. The van der Waals surface area contributed by atoms with Gasteiger partial charge in [0.05, 0.1) is 13.2 Å². The van der Waals surface area contributed by atoms with Crippen molar-refractivity contribution in [2.75, 3.05) is 47.1 Å². The molecule has 0 aromatic rings. The lowest BCUT2D eigenvalue weighted by Gasteiger charge is -2.30. The van der Waals surface area contributed by atoms with Crippen molar-refractivity contribution in [1.82, 2.24) is 10.2 Å². The van der Waals surface area contributed by atoms with E-state index in [1.54, 1.807) is 7.11 Å². The van der Waals surface area contributed by atoms with Crippen LogP contribution in [0.3, 0.4) is 0 Å². The minimum absolute atomic E-state index is 0.565. The fourth-order valence-electron chi connectivity index (χ4n) is 2.67. The molecular weight excluding hydrogens is 216 g/mol. The van der Waals surface area contributed by atoms with Crippen LogP contribution in [-0.2, 0) is 9.47 Å². The highest BCUT2D eigenvalue weighted by Gasteiger charge is 2.33. The molecule has 100 valence electrons. The molecule has 2 aliphatic rings. The molecule has 0 radical (unpaired) electrons. The van der Waals surface area contributed by atoms with Crippen molar-refractivity contribution in [2.45, 2.75) is 31.3 Å². The van der Waals surface area contributed by atoms with Gasteiger partial charge >= 0.3 is 0 Å². The lowest BCUT2D eigenvalue weighted by atomic mass is 9.98. The van der Waals surface area contributed by atoms with E-state index < -0.39 is 0 Å². The quantitative estimate of drug-likeness (QED) is 0.680. The largest absolute Gasteiger partial charge is 0.383 e. The van der Waals surface area contributed by atoms with E-state index in [1.807, 2.05) is 0 Å². The molecule has 4 nitrogen and oxygen atoms in total. The third-order valence-electron chi connectivity index (χ3n) is 3.98. The summed E-state index contributed by atoms with van der Waals surface area (Å²) in [6.07, 6.45) is 3.93. The second kappa shape index (κ2) is 6.69. The molecule has 2 rings (SSSR count). The molecule has 1 saturated carbocycles. The highest BCUT2D eigenvalue weighted by molar-refractivity contribution is 4.89. The van der Waals surface area contributed by atoms with E-state index in [4.69, 9.17) is 9.47 Å². The summed E-state index contributed by atoms with van der Waals surface area (Å²) in [5, 5.41) is 3.47. The van der Waals surface area contributed by atoms with Crippen LogP contribution >= 0.6 is 0 Å². The number of hydrogen-bond acceptors (Lipinski definition) is 4. The standard InChI is InChI=1S/C13H26N2O2/c1-14-13(11-5-7-17-10-11)9-15(6-8-16-2)12-3-4-12/h11-14H,3-10H2,1-2H3. The maximum atomic E-state index is 5.50. The van der Waals surface area contributed by atoms with Crippen molar-refractivity contribution < 1.29 is 9.47 Å². The summed E-state index contributed by atoms with van der Waals surface area (Å²) >= 11 is 0. The Morgan fingerprint density at radius 1 is 1.41 bits per heavy atom. The summed E-state index contributed by atoms with van der Waals surface area (Å²) in [4.78, 5) is 2.59. The van der Waals surface area contributed by atoms with Gasteiger partial charge in [-0.2, -0.15) is 0 Å². The van der Waals surface area contributed by atoms with Crippen LogP contribution in [0.25, 0.3) is 0 Å². The van der Waals surface area contributed by atoms with Gasteiger partial charge in [-0.05, 0) is 26.3 Å². The van der Waals surface area contributed by atoms with Crippen molar-refractivity contribution in [3.8, 4) is 0 Å². The number of ether oxygens (including phenoxy) is 2. The summed E-state index contributed by atoms with van der Waals surface area (Å²) in [5.74, 6) is 0.684. The van der Waals surface area contributed by atoms with Gasteiger partial charge in [-0.15, -0.1) is 0 Å². The van der Waals surface area contributed by atoms with Crippen LogP contribution in [0.15, 0.2) is 0 Å². The van der Waals surface area contributed by atoms with Gasteiger partial charge in [0.25, 0.3) is 0 Å². The van der Waals surface area contributed by atoms with Gasteiger partial charge < -0.3 is 14.8 Å². The highest BCUT2D eigenvalue weighted by atomic mass is 16.5. The molecule has 0 bridgehead atoms. The zero-order valence-corrected chi connectivity index (χ0v) is 11.2. The normalized spacial score (nSPS) is 26.6. The van der Waals surface area contributed by atoms with Crippen LogP contribution in [0.2, 0.25) is 0 Å². The van der Waals surface area contributed by atoms with Crippen LogP contribution in [-0.4, -0.2) is 64.1 Å². The molecule has 2 fully saturated rings. The molecule has 0 aromatic heterocycles. The summed E-state index contributed by atoms with van der Waals surface area (Å²) in [6, 6.07) is 1.37. The molecule has 1 N–H and O–H groups in total. The van der Waals surface area contributed by atoms with Crippen molar-refractivity contribution in [2.24, 2.45) is 5.92 Å². The highest BCUT2D eigenvalue weighted by Crippen LogP contribution is 2.28. The van der Waals surface area contributed by atoms with Crippen LogP contribution in [0.4, 0.5) is 0 Å². The molecule has 0 amide bonds. The number of rotatable bonds is 8. The molecule has 4 heteroatoms. The van der Waals surface area contributed by atoms with Crippen LogP contribution < -0.4 is 5.32 Å². The average Bonchev–Trinajstić information content (AvgIpc) is 3.05. The lowest BCUT2D eigenvalue weighted by Crippen LogP contribution is -2.46. The number of nitrogens with one attached hydrogen (secondary N) is 1. The van der Waals surface area contributed by atoms with Crippen molar-refractivity contribution >= 4 is 0 Å². The van der Waals surface area contributed by atoms with Gasteiger partial charge in [0, 0.05) is 44.8 Å². The lowest BCUT2D eigenvalue weighted by molar-refractivity contribution is 0.123. The predicted octanol–water partition coefficient (Wildman–Crippen LogP) is 0.722. The van der Waals surface area contributed by atoms with Gasteiger partial charge in [-0.25, -0.2) is 0 Å². The molecule has 1 aliphatic carbocycles. The smallest absolute Gasteiger partial charge is 0.0589 e. The van der Waals surface area contributed by atoms with E-state index >= 15 is 0 Å². The first-order valence-corrected chi connectivity index (χ1v) is 6.83. The maximum Gasteiger partial charge on any atom is 0.0589 e. The molecule has 1 saturated heterocycles. The first-order chi connectivity index (χ1) is 8.35. The maximum absolute atomic E-state index is 5.50. The van der Waals surface area contributed by atoms with E-state index in [0.29, 0.717) is 12.0 Å². The first-order valence-electron chi connectivity index (χ1n) is 6.83. The van der Waals surface area contributed by atoms with Crippen molar-refractivity contribution in [3.05, 3.63) is 0 Å². The van der Waals surface area contributed by atoms with E-state index in [2.05, 4.69) is 17.3 Å². The van der Waals surface area contributed by atoms with Crippen molar-refractivity contribution in [3.63, 3.8) is 0 Å². The van der Waals surface area contributed by atoms with Gasteiger partial charge in [0.2, 0.25) is 0 Å². The van der Waals surface area contributed by atoms with Gasteiger partial charge in [-0.1, -0.05) is 0 Å². The molecule has 17 heavy (non-hydrogen) atoms. The Balaban J connectivity index is 1.81. The topological polar surface area (TPSA) is 33.7 Å².